The Morgan fingerprint density at radius 3 is 2.77 bits per heavy atom. The van der Waals surface area contributed by atoms with Crippen LogP contribution in [0.3, 0.4) is 0 Å². The summed E-state index contributed by atoms with van der Waals surface area (Å²) in [4.78, 5) is 22.1. The van der Waals surface area contributed by atoms with Crippen LogP contribution in [0.15, 0.2) is 18.2 Å². The number of amides is 1. The minimum absolute atomic E-state index is 0.0843. The summed E-state index contributed by atoms with van der Waals surface area (Å²) in [6.07, 6.45) is 5.95. The molecule has 5 heteroatoms. The van der Waals surface area contributed by atoms with E-state index in [-0.39, 0.29) is 17.2 Å². The van der Waals surface area contributed by atoms with Crippen molar-refractivity contribution >= 4 is 12.2 Å². The summed E-state index contributed by atoms with van der Waals surface area (Å²) in [5.74, 6) is 0.523. The summed E-state index contributed by atoms with van der Waals surface area (Å²) in [6, 6.07) is 4.58. The molecule has 22 heavy (non-hydrogen) atoms. The maximum Gasteiger partial charge on any atom is 0.219 e. The Morgan fingerprint density at radius 2 is 2.09 bits per heavy atom. The second kappa shape index (κ2) is 10.7. The molecule has 0 atom stereocenters. The molecule has 0 unspecified atom stereocenters. The predicted octanol–water partition coefficient (Wildman–Crippen LogP) is 3.06. The van der Waals surface area contributed by atoms with Gasteiger partial charge in [0.15, 0.2) is 6.29 Å². The smallest absolute Gasteiger partial charge is 0.219 e. The van der Waals surface area contributed by atoms with Crippen LogP contribution in [0.5, 0.6) is 11.5 Å². The number of aldehydes is 1. The van der Waals surface area contributed by atoms with Gasteiger partial charge >= 0.3 is 0 Å². The molecule has 0 aliphatic rings. The van der Waals surface area contributed by atoms with Gasteiger partial charge in [0.1, 0.15) is 11.5 Å². The van der Waals surface area contributed by atoms with Gasteiger partial charge in [-0.2, -0.15) is 0 Å². The molecule has 2 N–H and O–H groups in total. The molecule has 0 aromatic heterocycles. The van der Waals surface area contributed by atoms with Crippen LogP contribution in [0.25, 0.3) is 0 Å². The van der Waals surface area contributed by atoms with Crippen molar-refractivity contribution in [1.82, 2.24) is 5.32 Å². The van der Waals surface area contributed by atoms with Gasteiger partial charge in [-0.3, -0.25) is 9.59 Å². The fraction of sp³-hybridized carbons (Fsp3) is 0.529. The van der Waals surface area contributed by atoms with E-state index in [1.807, 2.05) is 0 Å². The molecule has 5 nitrogen and oxygen atoms in total. The molecule has 0 saturated heterocycles. The van der Waals surface area contributed by atoms with Crippen molar-refractivity contribution < 1.29 is 19.4 Å². The average molecular weight is 307 g/mol. The Bertz CT molecular complexity index is 474. The van der Waals surface area contributed by atoms with E-state index in [9.17, 15) is 14.7 Å². The fourth-order valence-electron chi connectivity index (χ4n) is 1.98. The Labute approximate surface area is 131 Å². The quantitative estimate of drug-likeness (QED) is 0.486. The number of phenols is 1. The zero-order valence-corrected chi connectivity index (χ0v) is 13.1. The monoisotopic (exact) mass is 307 g/mol. The van der Waals surface area contributed by atoms with Crippen molar-refractivity contribution in [3.8, 4) is 11.5 Å². The lowest BCUT2D eigenvalue weighted by molar-refractivity contribution is -0.121. The molecule has 0 saturated carbocycles. The first-order valence-corrected chi connectivity index (χ1v) is 7.85. The van der Waals surface area contributed by atoms with Crippen molar-refractivity contribution in [2.75, 3.05) is 13.2 Å². The third-order valence-electron chi connectivity index (χ3n) is 3.30. The largest absolute Gasteiger partial charge is 0.507 e. The van der Waals surface area contributed by atoms with Gasteiger partial charge in [0.05, 0.1) is 12.2 Å². The standard InChI is InChI=1S/C17H25NO4/c1-2-3-5-10-18-17(21)7-4-6-11-22-15-9-8-14(13-19)16(20)12-15/h8-9,12-13,20H,2-7,10-11H2,1H3,(H,18,21). The highest BCUT2D eigenvalue weighted by Crippen LogP contribution is 2.22. The molecular formula is C17H25NO4. The molecular weight excluding hydrogens is 282 g/mol. The third kappa shape index (κ3) is 7.11. The van der Waals surface area contributed by atoms with Crippen LogP contribution in [0.1, 0.15) is 55.8 Å². The van der Waals surface area contributed by atoms with Gasteiger partial charge in [-0.05, 0) is 31.4 Å². The number of benzene rings is 1. The van der Waals surface area contributed by atoms with Crippen LogP contribution in [0.4, 0.5) is 0 Å². The highest BCUT2D eigenvalue weighted by Gasteiger charge is 2.03. The maximum absolute atomic E-state index is 11.5. The Balaban J connectivity index is 2.11. The van der Waals surface area contributed by atoms with Crippen molar-refractivity contribution in [1.29, 1.82) is 0 Å². The van der Waals surface area contributed by atoms with E-state index in [1.165, 1.54) is 12.1 Å². The summed E-state index contributed by atoms with van der Waals surface area (Å²) in [7, 11) is 0. The molecule has 0 fully saturated rings. The van der Waals surface area contributed by atoms with Gasteiger partial charge in [0.25, 0.3) is 0 Å². The van der Waals surface area contributed by atoms with E-state index in [0.717, 1.165) is 38.6 Å². The van der Waals surface area contributed by atoms with E-state index >= 15 is 0 Å². The molecule has 1 aromatic carbocycles. The van der Waals surface area contributed by atoms with Crippen molar-refractivity contribution in [2.45, 2.75) is 45.4 Å². The van der Waals surface area contributed by atoms with E-state index in [0.29, 0.717) is 25.1 Å². The summed E-state index contributed by atoms with van der Waals surface area (Å²) in [5, 5.41) is 12.4. The first-order chi connectivity index (χ1) is 10.7. The first-order valence-electron chi connectivity index (χ1n) is 7.85. The van der Waals surface area contributed by atoms with Gasteiger partial charge < -0.3 is 15.2 Å². The molecule has 0 bridgehead atoms. The number of carbonyl (C=O) groups is 2. The Hall–Kier alpha value is -2.04. The van der Waals surface area contributed by atoms with Crippen molar-refractivity contribution in [2.24, 2.45) is 0 Å². The molecule has 0 heterocycles. The number of unbranched alkanes of at least 4 members (excludes halogenated alkanes) is 3. The summed E-state index contributed by atoms with van der Waals surface area (Å²) >= 11 is 0. The molecule has 1 amide bonds. The molecule has 0 spiro atoms. The van der Waals surface area contributed by atoms with Crippen molar-refractivity contribution in [3.63, 3.8) is 0 Å². The van der Waals surface area contributed by atoms with Gasteiger partial charge in [0.2, 0.25) is 5.91 Å². The lowest BCUT2D eigenvalue weighted by atomic mass is 10.2. The number of carbonyl (C=O) groups excluding carboxylic acids is 2. The van der Waals surface area contributed by atoms with Gasteiger partial charge in [-0.25, -0.2) is 0 Å². The minimum atomic E-state index is -0.0843. The SMILES string of the molecule is CCCCCNC(=O)CCCCOc1ccc(C=O)c(O)c1. The van der Waals surface area contributed by atoms with Crippen LogP contribution in [0, 0.1) is 0 Å². The maximum atomic E-state index is 11.5. The molecule has 0 aliphatic carbocycles. The summed E-state index contributed by atoms with van der Waals surface area (Å²) in [6.45, 7) is 3.36. The lowest BCUT2D eigenvalue weighted by Gasteiger charge is -2.07. The van der Waals surface area contributed by atoms with E-state index in [4.69, 9.17) is 4.74 Å². The van der Waals surface area contributed by atoms with E-state index < -0.39 is 0 Å². The fourth-order valence-corrected chi connectivity index (χ4v) is 1.98. The first kappa shape index (κ1) is 18.0. The minimum Gasteiger partial charge on any atom is -0.507 e. The van der Waals surface area contributed by atoms with Gasteiger partial charge in [-0.1, -0.05) is 19.8 Å². The lowest BCUT2D eigenvalue weighted by Crippen LogP contribution is -2.24. The van der Waals surface area contributed by atoms with Crippen LogP contribution in [-0.2, 0) is 4.79 Å². The zero-order chi connectivity index (χ0) is 16.2. The van der Waals surface area contributed by atoms with Crippen LogP contribution < -0.4 is 10.1 Å². The number of hydrogen-bond donors (Lipinski definition) is 2. The zero-order valence-electron chi connectivity index (χ0n) is 13.1. The summed E-state index contributed by atoms with van der Waals surface area (Å²) < 4.78 is 5.47. The van der Waals surface area contributed by atoms with E-state index in [2.05, 4.69) is 12.2 Å². The Kier molecular flexibility index (Phi) is 8.72. The number of aromatic hydroxyl groups is 1. The number of phenolic OH excluding ortho intramolecular Hbond substituents is 1. The normalized spacial score (nSPS) is 10.2. The summed E-state index contributed by atoms with van der Waals surface area (Å²) in [5.41, 5.74) is 0.243. The highest BCUT2D eigenvalue weighted by atomic mass is 16.5. The number of ether oxygens (including phenoxy) is 1. The number of rotatable bonds is 11. The van der Waals surface area contributed by atoms with Crippen LogP contribution in [0.2, 0.25) is 0 Å². The van der Waals surface area contributed by atoms with Crippen LogP contribution in [-0.4, -0.2) is 30.5 Å². The second-order valence-electron chi connectivity index (χ2n) is 5.20. The molecule has 1 rings (SSSR count). The number of hydrogen-bond acceptors (Lipinski definition) is 4. The van der Waals surface area contributed by atoms with Gasteiger partial charge in [0, 0.05) is 19.0 Å². The molecule has 0 aliphatic heterocycles. The highest BCUT2D eigenvalue weighted by molar-refractivity contribution is 5.79. The topological polar surface area (TPSA) is 75.6 Å². The number of nitrogens with one attached hydrogen (secondary N) is 1. The molecule has 0 radical (unpaired) electrons. The average Bonchev–Trinajstić information content (AvgIpc) is 2.51. The second-order valence-corrected chi connectivity index (χ2v) is 5.20. The Morgan fingerprint density at radius 1 is 1.27 bits per heavy atom. The van der Waals surface area contributed by atoms with E-state index in [1.54, 1.807) is 6.07 Å². The van der Waals surface area contributed by atoms with Crippen molar-refractivity contribution in [3.05, 3.63) is 23.8 Å². The van der Waals surface area contributed by atoms with Gasteiger partial charge in [-0.15, -0.1) is 0 Å². The van der Waals surface area contributed by atoms with Crippen LogP contribution >= 0.6 is 0 Å². The molecule has 1 aromatic rings. The molecule has 122 valence electrons. The third-order valence-corrected chi connectivity index (χ3v) is 3.30. The predicted molar refractivity (Wildman–Crippen MR) is 85.4 cm³/mol.